The number of carbonyl (C=O) groups excluding carboxylic acids is 1. The van der Waals surface area contributed by atoms with Crippen LogP contribution < -0.4 is 0 Å². The van der Waals surface area contributed by atoms with Gasteiger partial charge in [-0.25, -0.2) is 0 Å². The van der Waals surface area contributed by atoms with Crippen molar-refractivity contribution in [3.05, 3.63) is 58.7 Å². The van der Waals surface area contributed by atoms with Crippen molar-refractivity contribution >= 4 is 5.78 Å². The number of fused-ring (bicyclic) bond motifs is 5. The molecule has 2 aliphatic carbocycles. The summed E-state index contributed by atoms with van der Waals surface area (Å²) < 4.78 is 0. The molecule has 0 aliphatic heterocycles. The van der Waals surface area contributed by atoms with Crippen molar-refractivity contribution in [3.8, 4) is 11.1 Å². The predicted octanol–water partition coefficient (Wildman–Crippen LogP) is 3.78. The Labute approximate surface area is 106 Å². The van der Waals surface area contributed by atoms with Gasteiger partial charge in [-0.2, -0.15) is 0 Å². The zero-order chi connectivity index (χ0) is 12.1. The highest BCUT2D eigenvalue weighted by Crippen LogP contribution is 2.40. The molecular formula is C17H14O. The number of benzene rings is 2. The molecule has 0 saturated heterocycles. The summed E-state index contributed by atoms with van der Waals surface area (Å²) in [7, 11) is 0. The Morgan fingerprint density at radius 1 is 0.778 bits per heavy atom. The van der Waals surface area contributed by atoms with Crippen LogP contribution in [0.4, 0.5) is 0 Å². The van der Waals surface area contributed by atoms with Crippen molar-refractivity contribution < 1.29 is 4.79 Å². The summed E-state index contributed by atoms with van der Waals surface area (Å²) in [6.07, 6.45) is 3.80. The zero-order valence-corrected chi connectivity index (χ0v) is 10.2. The summed E-state index contributed by atoms with van der Waals surface area (Å²) in [5.41, 5.74) is 7.81. The molecule has 4 rings (SSSR count). The molecule has 0 spiro atoms. The fourth-order valence-corrected chi connectivity index (χ4v) is 3.38. The van der Waals surface area contributed by atoms with Crippen LogP contribution in [0.5, 0.6) is 0 Å². The minimum Gasteiger partial charge on any atom is -0.294 e. The highest BCUT2D eigenvalue weighted by molar-refractivity contribution is 6.00. The molecule has 2 aliphatic rings. The van der Waals surface area contributed by atoms with E-state index in [0.717, 1.165) is 31.2 Å². The van der Waals surface area contributed by atoms with E-state index in [1.54, 1.807) is 0 Å². The summed E-state index contributed by atoms with van der Waals surface area (Å²) in [5, 5.41) is 0. The Kier molecular flexibility index (Phi) is 1.99. The van der Waals surface area contributed by atoms with Crippen LogP contribution in [0.2, 0.25) is 0 Å². The lowest BCUT2D eigenvalue weighted by Gasteiger charge is -2.18. The third-order valence-electron chi connectivity index (χ3n) is 4.24. The van der Waals surface area contributed by atoms with Crippen molar-refractivity contribution in [2.24, 2.45) is 0 Å². The van der Waals surface area contributed by atoms with Crippen molar-refractivity contribution in [1.29, 1.82) is 0 Å². The number of hydrogen-bond acceptors (Lipinski definition) is 1. The van der Waals surface area contributed by atoms with Gasteiger partial charge in [0.1, 0.15) is 0 Å². The average Bonchev–Trinajstić information content (AvgIpc) is 2.78. The SMILES string of the molecule is O=C1CCCc2c1ccc1c2Cc2ccccc2-1. The van der Waals surface area contributed by atoms with E-state index in [4.69, 9.17) is 0 Å². The lowest BCUT2D eigenvalue weighted by atomic mass is 9.85. The van der Waals surface area contributed by atoms with E-state index in [2.05, 4.69) is 30.3 Å². The van der Waals surface area contributed by atoms with Gasteiger partial charge in [-0.1, -0.05) is 36.4 Å². The van der Waals surface area contributed by atoms with Gasteiger partial charge in [0.15, 0.2) is 5.78 Å². The van der Waals surface area contributed by atoms with Gasteiger partial charge in [0.2, 0.25) is 0 Å². The number of hydrogen-bond donors (Lipinski definition) is 0. The molecule has 0 heterocycles. The maximum absolute atomic E-state index is 12.0. The second kappa shape index (κ2) is 3.55. The Morgan fingerprint density at radius 2 is 1.61 bits per heavy atom. The summed E-state index contributed by atoms with van der Waals surface area (Å²) in [4.78, 5) is 12.0. The molecule has 0 amide bonds. The minimum atomic E-state index is 0.329. The molecule has 0 radical (unpaired) electrons. The highest BCUT2D eigenvalue weighted by Gasteiger charge is 2.26. The molecule has 0 bridgehead atoms. The molecule has 2 aromatic rings. The fraction of sp³-hybridized carbons (Fsp3) is 0.235. The van der Waals surface area contributed by atoms with Gasteiger partial charge in [0, 0.05) is 12.0 Å². The van der Waals surface area contributed by atoms with Crippen molar-refractivity contribution in [2.75, 3.05) is 0 Å². The number of carbonyl (C=O) groups is 1. The second-order valence-electron chi connectivity index (χ2n) is 5.23. The van der Waals surface area contributed by atoms with Crippen molar-refractivity contribution in [3.63, 3.8) is 0 Å². The van der Waals surface area contributed by atoms with E-state index < -0.39 is 0 Å². The van der Waals surface area contributed by atoms with E-state index in [1.165, 1.54) is 27.8 Å². The van der Waals surface area contributed by atoms with E-state index in [9.17, 15) is 4.79 Å². The first-order valence-electron chi connectivity index (χ1n) is 6.61. The third-order valence-corrected chi connectivity index (χ3v) is 4.24. The van der Waals surface area contributed by atoms with E-state index in [1.807, 2.05) is 6.07 Å². The van der Waals surface area contributed by atoms with Crippen molar-refractivity contribution in [2.45, 2.75) is 25.7 Å². The second-order valence-corrected chi connectivity index (χ2v) is 5.23. The Morgan fingerprint density at radius 3 is 2.56 bits per heavy atom. The molecule has 2 aromatic carbocycles. The van der Waals surface area contributed by atoms with Gasteiger partial charge in [0.25, 0.3) is 0 Å². The lowest BCUT2D eigenvalue weighted by molar-refractivity contribution is 0.0972. The van der Waals surface area contributed by atoms with Crippen molar-refractivity contribution in [1.82, 2.24) is 0 Å². The molecule has 0 atom stereocenters. The Hall–Kier alpha value is -1.89. The first-order chi connectivity index (χ1) is 8.84. The van der Waals surface area contributed by atoms with Crippen LogP contribution in [0.1, 0.15) is 39.9 Å². The first-order valence-corrected chi connectivity index (χ1v) is 6.61. The molecule has 0 N–H and O–H groups in total. The predicted molar refractivity (Wildman–Crippen MR) is 72.0 cm³/mol. The van der Waals surface area contributed by atoms with Crippen LogP contribution in [0.3, 0.4) is 0 Å². The van der Waals surface area contributed by atoms with Gasteiger partial charge in [-0.15, -0.1) is 0 Å². The molecule has 88 valence electrons. The largest absolute Gasteiger partial charge is 0.294 e. The Bertz CT molecular complexity index is 667. The monoisotopic (exact) mass is 234 g/mol. The molecule has 0 aromatic heterocycles. The maximum Gasteiger partial charge on any atom is 0.163 e. The lowest BCUT2D eigenvalue weighted by Crippen LogP contribution is -2.12. The topological polar surface area (TPSA) is 17.1 Å². The van der Waals surface area contributed by atoms with Gasteiger partial charge >= 0.3 is 0 Å². The smallest absolute Gasteiger partial charge is 0.163 e. The van der Waals surface area contributed by atoms with E-state index in [0.29, 0.717) is 5.78 Å². The molecular weight excluding hydrogens is 220 g/mol. The molecule has 1 nitrogen and oxygen atoms in total. The van der Waals surface area contributed by atoms with Crippen LogP contribution in [0.25, 0.3) is 11.1 Å². The standard InChI is InChI=1S/C17H14O/c18-17-7-3-6-13-15(17)9-8-14-12-5-2-1-4-11(12)10-16(13)14/h1-2,4-5,8-9H,3,6-7,10H2. The number of Topliss-reactive ketones (excluding diaryl/α,β-unsaturated/α-hetero) is 1. The van der Waals surface area contributed by atoms with Gasteiger partial charge < -0.3 is 0 Å². The number of ketones is 1. The molecule has 18 heavy (non-hydrogen) atoms. The normalized spacial score (nSPS) is 16.1. The highest BCUT2D eigenvalue weighted by atomic mass is 16.1. The first kappa shape index (κ1) is 10.1. The van der Waals surface area contributed by atoms with Crippen LogP contribution >= 0.6 is 0 Å². The van der Waals surface area contributed by atoms with Crippen LogP contribution in [-0.4, -0.2) is 5.78 Å². The van der Waals surface area contributed by atoms with Gasteiger partial charge in [-0.3, -0.25) is 4.79 Å². The molecule has 1 heteroatoms. The number of rotatable bonds is 0. The average molecular weight is 234 g/mol. The molecule has 0 unspecified atom stereocenters. The molecule has 0 fully saturated rings. The quantitative estimate of drug-likeness (QED) is 0.578. The summed E-state index contributed by atoms with van der Waals surface area (Å²) >= 11 is 0. The maximum atomic E-state index is 12.0. The minimum absolute atomic E-state index is 0.329. The van der Waals surface area contributed by atoms with E-state index >= 15 is 0 Å². The fourth-order valence-electron chi connectivity index (χ4n) is 3.38. The molecule has 0 saturated carbocycles. The van der Waals surface area contributed by atoms with Gasteiger partial charge in [-0.05, 0) is 47.1 Å². The van der Waals surface area contributed by atoms with Gasteiger partial charge in [0.05, 0.1) is 0 Å². The summed E-state index contributed by atoms with van der Waals surface area (Å²) in [5.74, 6) is 0.329. The summed E-state index contributed by atoms with van der Waals surface area (Å²) in [6, 6.07) is 12.8. The zero-order valence-electron chi connectivity index (χ0n) is 10.2. The third kappa shape index (κ3) is 1.25. The van der Waals surface area contributed by atoms with Crippen LogP contribution in [0, 0.1) is 0 Å². The summed E-state index contributed by atoms with van der Waals surface area (Å²) in [6.45, 7) is 0. The van der Waals surface area contributed by atoms with Crippen LogP contribution in [-0.2, 0) is 12.8 Å². The van der Waals surface area contributed by atoms with Crippen LogP contribution in [0.15, 0.2) is 36.4 Å². The Balaban J connectivity index is 1.98. The van der Waals surface area contributed by atoms with E-state index in [-0.39, 0.29) is 0 Å².